The van der Waals surface area contributed by atoms with Gasteiger partial charge in [-0.1, -0.05) is 42.5 Å². The van der Waals surface area contributed by atoms with Crippen LogP contribution < -0.4 is 9.80 Å². The topological polar surface area (TPSA) is 19.6 Å². The zero-order chi connectivity index (χ0) is 19.0. The van der Waals surface area contributed by atoms with Gasteiger partial charge < -0.3 is 14.2 Å². The van der Waals surface area contributed by atoms with Gasteiger partial charge in [0.2, 0.25) is 0 Å². The maximum atomic E-state index is 6.23. The Balaban J connectivity index is 0.000000872. The van der Waals surface area contributed by atoms with Crippen LogP contribution in [0.15, 0.2) is 71.1 Å². The van der Waals surface area contributed by atoms with Crippen molar-refractivity contribution in [3.8, 4) is 0 Å². The molecule has 2 heterocycles. The molecule has 0 radical (unpaired) electrons. The van der Waals surface area contributed by atoms with Gasteiger partial charge in [0.1, 0.15) is 5.58 Å². The summed E-state index contributed by atoms with van der Waals surface area (Å²) in [5, 5.41) is 2.31. The number of para-hydroxylation sites is 4. The van der Waals surface area contributed by atoms with Crippen LogP contribution in [0, 0.1) is 6.67 Å². The Hall–Kier alpha value is -1.47. The van der Waals surface area contributed by atoms with E-state index in [-0.39, 0.29) is 0 Å². The van der Waals surface area contributed by atoms with Crippen molar-refractivity contribution >= 4 is 58.0 Å². The van der Waals surface area contributed by atoms with Gasteiger partial charge in [-0.25, -0.2) is 0 Å². The number of fused-ring (bicyclic) bond motifs is 4. The van der Waals surface area contributed by atoms with Crippen LogP contribution in [-0.2, 0) is 17.3 Å². The van der Waals surface area contributed by atoms with Crippen LogP contribution in [0.5, 0.6) is 0 Å². The number of benzene rings is 3. The van der Waals surface area contributed by atoms with E-state index in [2.05, 4.69) is 102 Å². The number of halogens is 1. The van der Waals surface area contributed by atoms with Gasteiger partial charge in [-0.2, -0.15) is 0 Å². The van der Waals surface area contributed by atoms with E-state index in [1.54, 1.807) is 0 Å². The molecule has 5 heteroatoms. The first kappa shape index (κ1) is 18.9. The number of anilines is 3. The van der Waals surface area contributed by atoms with Crippen molar-refractivity contribution in [3.63, 3.8) is 0 Å². The summed E-state index contributed by atoms with van der Waals surface area (Å²) < 4.78 is 6.23. The summed E-state index contributed by atoms with van der Waals surface area (Å²) in [6.07, 6.45) is 0. The average molecular weight is 562 g/mol. The van der Waals surface area contributed by atoms with Gasteiger partial charge in [0.25, 0.3) is 0 Å². The number of hydrogen-bond donors (Lipinski definition) is 0. The predicted molar refractivity (Wildman–Crippen MR) is 118 cm³/mol. The Morgan fingerprint density at radius 2 is 1.44 bits per heavy atom. The summed E-state index contributed by atoms with van der Waals surface area (Å²) in [7, 11) is 0. The van der Waals surface area contributed by atoms with Crippen LogP contribution in [-0.4, -0.2) is 6.04 Å². The Morgan fingerprint density at radius 1 is 0.815 bits per heavy atom. The van der Waals surface area contributed by atoms with Crippen molar-refractivity contribution < 1.29 is 21.7 Å². The molecule has 3 aromatic carbocycles. The predicted octanol–water partition coefficient (Wildman–Crippen LogP) is 6.95. The fourth-order valence-corrected chi connectivity index (χ4v) is 3.66. The van der Waals surface area contributed by atoms with Gasteiger partial charge in [-0.15, -0.1) is 6.67 Å². The molecule has 1 aromatic heterocycles. The molecule has 5 rings (SSSR count). The summed E-state index contributed by atoms with van der Waals surface area (Å²) in [6.45, 7) is 6.59. The zero-order valence-corrected chi connectivity index (χ0v) is 18.6. The first-order valence-electron chi connectivity index (χ1n) is 8.77. The summed E-state index contributed by atoms with van der Waals surface area (Å²) in [6, 6.07) is 23.5. The Morgan fingerprint density at radius 3 is 2.22 bits per heavy atom. The van der Waals surface area contributed by atoms with Crippen LogP contribution in [0.4, 0.5) is 17.1 Å². The standard InChI is InChI=1S/C22H19N2O.Ag.HI/c1-15(2)23-14-24(19-11-5-4-10-18(19)23)20-12-7-9-17-16-8-3-6-13-21(16)25-22(17)20;;/h3-15H,1-2H3;;1H/q-1;+1;/p-1. The van der Waals surface area contributed by atoms with E-state index in [4.69, 9.17) is 4.42 Å². The molecule has 0 saturated carbocycles. The third-order valence-corrected chi connectivity index (χ3v) is 4.86. The van der Waals surface area contributed by atoms with Crippen molar-refractivity contribution in [2.45, 2.75) is 19.9 Å². The zero-order valence-electron chi connectivity index (χ0n) is 15.0. The molecule has 0 aliphatic carbocycles. The second-order valence-electron chi connectivity index (χ2n) is 6.73. The summed E-state index contributed by atoms with van der Waals surface area (Å²) in [5.41, 5.74) is 5.34. The fraction of sp³-hybridized carbons (Fsp3) is 0.136. The van der Waals surface area contributed by atoms with E-state index < -0.39 is 0 Å². The van der Waals surface area contributed by atoms with Crippen molar-refractivity contribution in [2.75, 3.05) is 9.80 Å². The molecule has 142 valence electrons. The minimum atomic E-state index is 0.390. The molecule has 4 aromatic rings. The van der Waals surface area contributed by atoms with Gasteiger partial charge >= 0.3 is 36.3 Å². The van der Waals surface area contributed by atoms with E-state index in [0.717, 1.165) is 27.6 Å². The number of furan rings is 1. The maximum absolute atomic E-state index is 6.23. The normalized spacial score (nSPS) is 13.3. The van der Waals surface area contributed by atoms with E-state index >= 15 is 0 Å². The second kappa shape index (κ2) is 7.87. The molecule has 1 aliphatic rings. The molecular formula is C22H19AgIN2O-. The van der Waals surface area contributed by atoms with E-state index in [9.17, 15) is 0 Å². The van der Waals surface area contributed by atoms with Crippen LogP contribution in [0.1, 0.15) is 13.8 Å². The quantitative estimate of drug-likeness (QED) is 0.150. The molecule has 0 saturated heterocycles. The van der Waals surface area contributed by atoms with Crippen LogP contribution in [0.25, 0.3) is 21.9 Å². The molecule has 3 nitrogen and oxygen atoms in total. The molecule has 0 amide bonds. The summed E-state index contributed by atoms with van der Waals surface area (Å²) >= 11 is 4.88. The third-order valence-electron chi connectivity index (χ3n) is 4.86. The molecule has 0 fully saturated rings. The third kappa shape index (κ3) is 3.18. The van der Waals surface area contributed by atoms with Crippen LogP contribution in [0.2, 0.25) is 0 Å². The molecule has 1 aliphatic heterocycles. The minimum absolute atomic E-state index is 0.390. The average Bonchev–Trinajstić information content (AvgIpc) is 3.28. The van der Waals surface area contributed by atoms with Crippen molar-refractivity contribution in [3.05, 3.63) is 73.4 Å². The van der Waals surface area contributed by atoms with Gasteiger partial charge in [0.05, 0.1) is 5.69 Å². The molecule has 27 heavy (non-hydrogen) atoms. The van der Waals surface area contributed by atoms with Gasteiger partial charge in [0.15, 0.2) is 5.58 Å². The number of hydrogen-bond acceptors (Lipinski definition) is 3. The van der Waals surface area contributed by atoms with Gasteiger partial charge in [0, 0.05) is 22.1 Å². The monoisotopic (exact) mass is 561 g/mol. The second-order valence-corrected chi connectivity index (χ2v) is 6.73. The number of rotatable bonds is 2. The van der Waals surface area contributed by atoms with Gasteiger partial charge in [-0.3, -0.25) is 0 Å². The van der Waals surface area contributed by atoms with Crippen molar-refractivity contribution in [1.29, 1.82) is 0 Å². The first-order valence-corrected chi connectivity index (χ1v) is 13.2. The molecule has 0 N–H and O–H groups in total. The Bertz CT molecular complexity index is 1090. The fourth-order valence-electron chi connectivity index (χ4n) is 3.66. The summed E-state index contributed by atoms with van der Waals surface area (Å²) in [4.78, 5) is 4.54. The van der Waals surface area contributed by atoms with E-state index in [0.29, 0.717) is 6.04 Å². The number of nitrogens with zero attached hydrogens (tertiary/aromatic N) is 2. The van der Waals surface area contributed by atoms with Gasteiger partial charge in [-0.05, 0) is 44.2 Å². The molecule has 0 unspecified atom stereocenters. The Kier molecular flexibility index (Phi) is 5.50. The SMILES string of the molecule is CC(C)N1[CH-]N(c2cccc3c2oc2ccccc23)c2ccccc21.[Ag][I]. The van der Waals surface area contributed by atoms with Crippen LogP contribution >= 0.6 is 19.0 Å². The van der Waals surface area contributed by atoms with Crippen molar-refractivity contribution in [1.82, 2.24) is 0 Å². The van der Waals surface area contributed by atoms with Crippen molar-refractivity contribution in [2.24, 2.45) is 0 Å². The summed E-state index contributed by atoms with van der Waals surface area (Å²) in [5.74, 6) is 0. The molecule has 0 bridgehead atoms. The van der Waals surface area contributed by atoms with E-state index in [1.807, 2.05) is 31.2 Å². The molecular weight excluding hydrogens is 543 g/mol. The molecule has 0 spiro atoms. The van der Waals surface area contributed by atoms with Crippen LogP contribution in [0.3, 0.4) is 0 Å². The first-order chi connectivity index (χ1) is 13.2. The molecule has 0 atom stereocenters. The Labute approximate surface area is 181 Å². The van der Waals surface area contributed by atoms with E-state index in [1.165, 1.54) is 11.4 Å².